The molecule has 2 fully saturated rings. The van der Waals surface area contributed by atoms with Gasteiger partial charge in [-0.3, -0.25) is 14.4 Å². The van der Waals surface area contributed by atoms with E-state index in [2.05, 4.69) is 5.32 Å². The van der Waals surface area contributed by atoms with Gasteiger partial charge in [0.25, 0.3) is 0 Å². The number of thioether (sulfide) groups is 1. The molecule has 11 nitrogen and oxygen atoms in total. The number of carbonyl (C=O) groups excluding carboxylic acids is 3. The first-order chi connectivity index (χ1) is 23.8. The topological polar surface area (TPSA) is 117 Å². The first-order valence-corrected chi connectivity index (χ1v) is 17.7. The Morgan fingerprint density at radius 1 is 0.898 bits per heavy atom. The fourth-order valence-electron chi connectivity index (χ4n) is 5.96. The van der Waals surface area contributed by atoms with Gasteiger partial charge in [0, 0.05) is 61.8 Å². The van der Waals surface area contributed by atoms with Crippen molar-refractivity contribution in [2.75, 3.05) is 62.2 Å². The maximum atomic E-state index is 13.9. The number of ether oxygens (including phenoxy) is 2. The number of amides is 2. The number of anilines is 2. The summed E-state index contributed by atoms with van der Waals surface area (Å²) in [7, 11) is 3.11. The minimum Gasteiger partial charge on any atom is -0.493 e. The van der Waals surface area contributed by atoms with Crippen LogP contribution in [-0.2, 0) is 16.0 Å². The molecule has 3 aromatic carbocycles. The predicted octanol–water partition coefficient (Wildman–Crippen LogP) is 4.84. The maximum Gasteiger partial charge on any atom is 0.249 e. The molecule has 1 aromatic heterocycles. The molecule has 1 N–H and O–H groups in total. The lowest BCUT2D eigenvalue weighted by atomic mass is 10.1. The van der Waals surface area contributed by atoms with Crippen LogP contribution < -0.4 is 19.7 Å². The Hall–Kier alpha value is -4.75. The molecule has 6 rings (SSSR count). The highest BCUT2D eigenvalue weighted by Gasteiger charge is 2.34. The maximum absolute atomic E-state index is 13.9. The summed E-state index contributed by atoms with van der Waals surface area (Å²) in [5, 5.41) is 3.66. The van der Waals surface area contributed by atoms with Crippen LogP contribution in [0, 0.1) is 0 Å². The van der Waals surface area contributed by atoms with Gasteiger partial charge in [-0.25, -0.2) is 4.98 Å². The number of benzene rings is 3. The molecular formula is C36H38N6O5S2. The third kappa shape index (κ3) is 7.94. The van der Waals surface area contributed by atoms with E-state index in [1.54, 1.807) is 50.2 Å². The number of nitrogens with zero attached hydrogens (tertiary/aromatic N) is 5. The standard InChI is InChI=1S/C36H38N6O5S2/c1-46-30-20-26-27(21-31(30)47-2)37-36(41-17-15-40(16-18-41)32(44)19-24-9-5-3-6-10-24)39-34(26)38-35(45)28-22-49-23-42(28)33(48)14-13-29(43)25-11-7-4-8-12-25/h3-12,20-21,28H,13-19,22-23H2,1-2H3,(H,37,38,39,45). The van der Waals surface area contributed by atoms with Gasteiger partial charge in [-0.05, 0) is 11.6 Å². The number of ketones is 1. The number of methoxy groups -OCH3 is 2. The van der Waals surface area contributed by atoms with E-state index >= 15 is 0 Å². The van der Waals surface area contributed by atoms with Crippen molar-refractivity contribution in [3.8, 4) is 11.5 Å². The number of fused-ring (bicyclic) bond motifs is 1. The average molecular weight is 699 g/mol. The van der Waals surface area contributed by atoms with Crippen LogP contribution >= 0.6 is 24.0 Å². The Bertz CT molecular complexity index is 1840. The highest BCUT2D eigenvalue weighted by molar-refractivity contribution is 7.99. The second-order valence-corrected chi connectivity index (χ2v) is 13.3. The van der Waals surface area contributed by atoms with Gasteiger partial charge in [0.05, 0.1) is 37.0 Å². The van der Waals surface area contributed by atoms with Gasteiger partial charge in [0.2, 0.25) is 17.8 Å². The number of rotatable bonds is 11. The monoisotopic (exact) mass is 698 g/mol. The van der Waals surface area contributed by atoms with Crippen LogP contribution in [0.1, 0.15) is 28.8 Å². The van der Waals surface area contributed by atoms with Gasteiger partial charge in [0.15, 0.2) is 17.3 Å². The van der Waals surface area contributed by atoms with E-state index in [0.29, 0.717) is 95.4 Å². The number of piperazine rings is 1. The number of nitrogens with one attached hydrogen (secondary N) is 1. The number of hydrogen-bond donors (Lipinski definition) is 1. The highest BCUT2D eigenvalue weighted by atomic mass is 32.2. The van der Waals surface area contributed by atoms with Crippen molar-refractivity contribution < 1.29 is 23.9 Å². The molecule has 0 bridgehead atoms. The zero-order valence-corrected chi connectivity index (χ0v) is 29.1. The summed E-state index contributed by atoms with van der Waals surface area (Å²) in [5.74, 6) is 2.72. The summed E-state index contributed by atoms with van der Waals surface area (Å²) in [6.07, 6.45) is 1.00. The number of thiocarbonyl (C=S) groups is 1. The zero-order chi connectivity index (χ0) is 34.3. The molecule has 0 saturated carbocycles. The average Bonchev–Trinajstić information content (AvgIpc) is 3.64. The summed E-state index contributed by atoms with van der Waals surface area (Å²) in [6.45, 7) is 2.13. The Morgan fingerprint density at radius 3 is 2.27 bits per heavy atom. The van der Waals surface area contributed by atoms with Crippen molar-refractivity contribution in [2.45, 2.75) is 25.3 Å². The van der Waals surface area contributed by atoms with E-state index in [9.17, 15) is 14.4 Å². The Kier molecular flexibility index (Phi) is 10.9. The molecule has 0 radical (unpaired) electrons. The van der Waals surface area contributed by atoms with Crippen LogP contribution in [0.3, 0.4) is 0 Å². The van der Waals surface area contributed by atoms with Crippen molar-refractivity contribution in [1.29, 1.82) is 0 Å². The molecule has 0 spiro atoms. The van der Waals surface area contributed by atoms with Gasteiger partial charge in [0.1, 0.15) is 11.9 Å². The van der Waals surface area contributed by atoms with Gasteiger partial charge >= 0.3 is 0 Å². The Morgan fingerprint density at radius 2 is 1.57 bits per heavy atom. The quantitative estimate of drug-likeness (QED) is 0.171. The normalized spacial score (nSPS) is 16.0. The molecule has 2 saturated heterocycles. The van der Waals surface area contributed by atoms with Crippen LogP contribution in [-0.4, -0.2) is 100 Å². The second-order valence-electron chi connectivity index (χ2n) is 11.8. The minimum atomic E-state index is -0.530. The number of aromatic nitrogens is 2. The molecule has 1 atom stereocenters. The fraction of sp³-hybridized carbons (Fsp3) is 0.333. The molecule has 2 aliphatic rings. The molecule has 254 valence electrons. The molecule has 3 heterocycles. The van der Waals surface area contributed by atoms with Crippen molar-refractivity contribution in [3.05, 3.63) is 83.9 Å². The van der Waals surface area contributed by atoms with Crippen LogP contribution in [0.5, 0.6) is 11.5 Å². The van der Waals surface area contributed by atoms with Crippen molar-refractivity contribution >= 4 is 69.2 Å². The first kappa shape index (κ1) is 34.1. The Labute approximate surface area is 295 Å². The van der Waals surface area contributed by atoms with Gasteiger partial charge in [-0.2, -0.15) is 4.98 Å². The van der Waals surface area contributed by atoms with Crippen LogP contribution in [0.15, 0.2) is 72.8 Å². The lowest BCUT2D eigenvalue weighted by Gasteiger charge is -2.35. The summed E-state index contributed by atoms with van der Waals surface area (Å²) >= 11 is 7.36. The first-order valence-electron chi connectivity index (χ1n) is 16.1. The molecule has 1 unspecified atom stereocenters. The minimum absolute atomic E-state index is 0.0153. The molecule has 49 heavy (non-hydrogen) atoms. The summed E-state index contributed by atoms with van der Waals surface area (Å²) in [6, 6.07) is 21.9. The van der Waals surface area contributed by atoms with Gasteiger partial charge < -0.3 is 29.5 Å². The van der Waals surface area contributed by atoms with Crippen molar-refractivity contribution in [1.82, 2.24) is 19.8 Å². The Balaban J connectivity index is 1.19. The van der Waals surface area contributed by atoms with E-state index in [4.69, 9.17) is 31.7 Å². The van der Waals surface area contributed by atoms with E-state index in [1.165, 1.54) is 0 Å². The molecule has 0 aliphatic carbocycles. The van der Waals surface area contributed by atoms with Crippen molar-refractivity contribution in [2.24, 2.45) is 0 Å². The lowest BCUT2D eigenvalue weighted by Crippen LogP contribution is -2.49. The smallest absolute Gasteiger partial charge is 0.249 e. The molecule has 2 amide bonds. The SMILES string of the molecule is COc1cc2nc(N3CCN(C(=O)Cc4ccccc4)CC3)nc(NC(=O)C3CSCN3C(=S)CCC(=O)c3ccccc3)c2cc1OC. The van der Waals surface area contributed by atoms with Crippen LogP contribution in [0.4, 0.5) is 11.8 Å². The number of hydrogen-bond acceptors (Lipinski definition) is 10. The zero-order valence-electron chi connectivity index (χ0n) is 27.5. The summed E-state index contributed by atoms with van der Waals surface area (Å²) in [4.78, 5) is 55.7. The van der Waals surface area contributed by atoms with Gasteiger partial charge in [-0.1, -0.05) is 72.9 Å². The van der Waals surface area contributed by atoms with E-state index in [1.807, 2.05) is 63.2 Å². The fourth-order valence-corrected chi connectivity index (χ4v) is 7.52. The van der Waals surface area contributed by atoms with Crippen molar-refractivity contribution in [3.63, 3.8) is 0 Å². The third-order valence-electron chi connectivity index (χ3n) is 8.71. The molecular weight excluding hydrogens is 661 g/mol. The van der Waals surface area contributed by atoms with E-state index in [0.717, 1.165) is 5.56 Å². The number of carbonyl (C=O) groups is 3. The molecule has 2 aliphatic heterocycles. The third-order valence-corrected chi connectivity index (χ3v) is 10.2. The lowest BCUT2D eigenvalue weighted by molar-refractivity contribution is -0.130. The largest absolute Gasteiger partial charge is 0.493 e. The van der Waals surface area contributed by atoms with E-state index in [-0.39, 0.29) is 24.0 Å². The van der Waals surface area contributed by atoms with Crippen LogP contribution in [0.2, 0.25) is 0 Å². The summed E-state index contributed by atoms with van der Waals surface area (Å²) in [5.41, 5.74) is 2.21. The predicted molar refractivity (Wildman–Crippen MR) is 196 cm³/mol. The molecule has 4 aromatic rings. The highest BCUT2D eigenvalue weighted by Crippen LogP contribution is 2.36. The second kappa shape index (κ2) is 15.6. The van der Waals surface area contributed by atoms with E-state index < -0.39 is 6.04 Å². The van der Waals surface area contributed by atoms with Gasteiger partial charge in [-0.15, -0.1) is 11.8 Å². The summed E-state index contributed by atoms with van der Waals surface area (Å²) < 4.78 is 11.1. The van der Waals surface area contributed by atoms with Crippen LogP contribution in [0.25, 0.3) is 10.9 Å². The molecule has 13 heteroatoms. The number of Topliss-reactive ketones (excluding diaryl/α,β-unsaturated/α-hetero) is 1.